The van der Waals surface area contributed by atoms with E-state index < -0.39 is 15.6 Å². The number of benzene rings is 1. The Hall–Kier alpha value is -1.60. The Balaban J connectivity index is 2.49. The van der Waals surface area contributed by atoms with Crippen LogP contribution in [0.2, 0.25) is 0 Å². The molecular weight excluding hydrogens is 290 g/mol. The maximum Gasteiger partial charge on any atom is 0.246 e. The Morgan fingerprint density at radius 1 is 1.33 bits per heavy atom. The summed E-state index contributed by atoms with van der Waals surface area (Å²) >= 11 is 0. The highest BCUT2D eigenvalue weighted by Crippen LogP contribution is 2.30. The van der Waals surface area contributed by atoms with E-state index in [2.05, 4.69) is 10.6 Å². The maximum absolute atomic E-state index is 12.9. The van der Waals surface area contributed by atoms with Gasteiger partial charge in [-0.25, -0.2) is 8.42 Å². The predicted molar refractivity (Wildman–Crippen MR) is 81.6 cm³/mol. The van der Waals surface area contributed by atoms with E-state index in [-0.39, 0.29) is 17.3 Å². The van der Waals surface area contributed by atoms with Crippen molar-refractivity contribution in [3.8, 4) is 0 Å². The van der Waals surface area contributed by atoms with Crippen molar-refractivity contribution >= 4 is 21.6 Å². The topological polar surface area (TPSA) is 78.5 Å². The Morgan fingerprint density at radius 2 is 2.00 bits per heavy atom. The number of carbonyl (C=O) groups is 1. The zero-order chi connectivity index (χ0) is 15.7. The molecule has 0 saturated carbocycles. The maximum atomic E-state index is 12.9. The van der Waals surface area contributed by atoms with Gasteiger partial charge in [0.05, 0.1) is 5.69 Å². The minimum absolute atomic E-state index is 0.203. The van der Waals surface area contributed by atoms with Crippen molar-refractivity contribution in [1.29, 1.82) is 0 Å². The molecule has 1 aliphatic heterocycles. The lowest BCUT2D eigenvalue weighted by Crippen LogP contribution is -2.63. The highest BCUT2D eigenvalue weighted by Gasteiger charge is 2.45. The van der Waals surface area contributed by atoms with Gasteiger partial charge in [0.1, 0.15) is 10.4 Å². The van der Waals surface area contributed by atoms with Crippen molar-refractivity contribution in [1.82, 2.24) is 9.62 Å². The van der Waals surface area contributed by atoms with Crippen LogP contribution in [0.15, 0.2) is 29.2 Å². The van der Waals surface area contributed by atoms with Crippen molar-refractivity contribution in [3.63, 3.8) is 0 Å². The molecule has 2 N–H and O–H groups in total. The molecule has 116 valence electrons. The summed E-state index contributed by atoms with van der Waals surface area (Å²) in [5.41, 5.74) is -0.544. The Bertz CT molecular complexity index is 641. The molecule has 7 heteroatoms. The van der Waals surface area contributed by atoms with Crippen LogP contribution in [0, 0.1) is 0 Å². The largest absolute Gasteiger partial charge is 0.384 e. The number of sulfonamides is 1. The molecule has 1 amide bonds. The van der Waals surface area contributed by atoms with Crippen LogP contribution in [0.25, 0.3) is 0 Å². The van der Waals surface area contributed by atoms with Gasteiger partial charge >= 0.3 is 0 Å². The van der Waals surface area contributed by atoms with Crippen LogP contribution in [-0.2, 0) is 14.8 Å². The molecule has 0 atom stereocenters. The normalized spacial score (nSPS) is 19.1. The molecule has 0 aliphatic carbocycles. The smallest absolute Gasteiger partial charge is 0.246 e. The minimum atomic E-state index is -3.75. The summed E-state index contributed by atoms with van der Waals surface area (Å²) in [6.07, 6.45) is 0. The summed E-state index contributed by atoms with van der Waals surface area (Å²) in [6.45, 7) is 6.36. The number of rotatable bonds is 4. The van der Waals surface area contributed by atoms with Crippen molar-refractivity contribution < 1.29 is 13.2 Å². The molecule has 0 radical (unpaired) electrons. The molecule has 0 unspecified atom stereocenters. The number of anilines is 1. The van der Waals surface area contributed by atoms with Crippen molar-refractivity contribution in [3.05, 3.63) is 24.3 Å². The highest BCUT2D eigenvalue weighted by atomic mass is 32.2. The molecule has 0 bridgehead atoms. The van der Waals surface area contributed by atoms with E-state index in [1.54, 1.807) is 38.1 Å². The first-order valence-electron chi connectivity index (χ1n) is 6.96. The van der Waals surface area contributed by atoms with Gasteiger partial charge in [0.15, 0.2) is 0 Å². The molecule has 0 aromatic heterocycles. The van der Waals surface area contributed by atoms with Crippen LogP contribution in [0.5, 0.6) is 0 Å². The molecule has 0 spiro atoms. The van der Waals surface area contributed by atoms with Gasteiger partial charge in [-0.05, 0) is 32.9 Å². The number of nitrogens with zero attached hydrogens (tertiary/aromatic N) is 1. The zero-order valence-electron chi connectivity index (χ0n) is 12.5. The lowest BCUT2D eigenvalue weighted by molar-refractivity contribution is -0.131. The van der Waals surface area contributed by atoms with Crippen LogP contribution in [-0.4, -0.2) is 43.8 Å². The first-order chi connectivity index (χ1) is 9.81. The first kappa shape index (κ1) is 15.8. The molecule has 6 nitrogen and oxygen atoms in total. The molecule has 21 heavy (non-hydrogen) atoms. The summed E-state index contributed by atoms with van der Waals surface area (Å²) in [6, 6.07) is 6.76. The number of nitrogens with one attached hydrogen (secondary N) is 2. The lowest BCUT2D eigenvalue weighted by Gasteiger charge is -2.40. The van der Waals surface area contributed by atoms with Gasteiger partial charge in [-0.2, -0.15) is 4.31 Å². The fourth-order valence-electron chi connectivity index (χ4n) is 2.45. The number of hydrogen-bond donors (Lipinski definition) is 2. The number of para-hydroxylation sites is 1. The van der Waals surface area contributed by atoms with E-state index in [1.165, 1.54) is 4.31 Å². The van der Waals surface area contributed by atoms with E-state index in [0.29, 0.717) is 18.8 Å². The quantitative estimate of drug-likeness (QED) is 0.870. The average Bonchev–Trinajstić information content (AvgIpc) is 2.42. The van der Waals surface area contributed by atoms with Gasteiger partial charge in [0, 0.05) is 19.6 Å². The molecule has 2 rings (SSSR count). The molecule has 1 aromatic rings. The third kappa shape index (κ3) is 2.75. The average molecular weight is 311 g/mol. The molecule has 1 aromatic carbocycles. The third-order valence-corrected chi connectivity index (χ3v) is 5.73. The lowest BCUT2D eigenvalue weighted by atomic mass is 10.0. The van der Waals surface area contributed by atoms with Gasteiger partial charge in [0.2, 0.25) is 15.9 Å². The van der Waals surface area contributed by atoms with Crippen LogP contribution in [0.4, 0.5) is 5.69 Å². The van der Waals surface area contributed by atoms with E-state index in [4.69, 9.17) is 0 Å². The molecule has 1 fully saturated rings. The summed E-state index contributed by atoms with van der Waals surface area (Å²) in [5, 5.41) is 5.76. The van der Waals surface area contributed by atoms with Crippen LogP contribution >= 0.6 is 0 Å². The molecular formula is C14H21N3O3S. The highest BCUT2D eigenvalue weighted by molar-refractivity contribution is 7.89. The molecule has 1 aliphatic rings. The number of piperazine rings is 1. The van der Waals surface area contributed by atoms with E-state index >= 15 is 0 Å². The van der Waals surface area contributed by atoms with Gasteiger partial charge < -0.3 is 10.6 Å². The standard InChI is InChI=1S/C14H21N3O3S/c1-4-15-11-7-5-6-8-12(11)21(19,20)17-10-9-16-13(18)14(17,2)3/h5-8,15H,4,9-10H2,1-3H3,(H,16,18). The van der Waals surface area contributed by atoms with Gasteiger partial charge in [-0.1, -0.05) is 12.1 Å². The second-order valence-corrected chi connectivity index (χ2v) is 7.25. The molecule has 1 heterocycles. The fourth-order valence-corrected chi connectivity index (χ4v) is 4.37. The summed E-state index contributed by atoms with van der Waals surface area (Å²) in [4.78, 5) is 12.2. The van der Waals surface area contributed by atoms with Crippen LogP contribution in [0.1, 0.15) is 20.8 Å². The summed E-state index contributed by atoms with van der Waals surface area (Å²) in [5.74, 6) is -0.279. The van der Waals surface area contributed by atoms with E-state index in [9.17, 15) is 13.2 Å². The zero-order valence-corrected chi connectivity index (χ0v) is 13.3. The number of amides is 1. The third-order valence-electron chi connectivity index (χ3n) is 3.60. The van der Waals surface area contributed by atoms with Gasteiger partial charge in [-0.3, -0.25) is 4.79 Å². The van der Waals surface area contributed by atoms with Crippen molar-refractivity contribution in [2.45, 2.75) is 31.2 Å². The Kier molecular flexibility index (Phi) is 4.25. The minimum Gasteiger partial charge on any atom is -0.384 e. The van der Waals surface area contributed by atoms with Crippen LogP contribution < -0.4 is 10.6 Å². The SMILES string of the molecule is CCNc1ccccc1S(=O)(=O)N1CCNC(=O)C1(C)C. The van der Waals surface area contributed by atoms with Crippen LogP contribution in [0.3, 0.4) is 0 Å². The number of carbonyl (C=O) groups excluding carboxylic acids is 1. The van der Waals surface area contributed by atoms with E-state index in [1.807, 2.05) is 6.92 Å². The van der Waals surface area contributed by atoms with Gasteiger partial charge in [0.25, 0.3) is 0 Å². The Labute approximate surface area is 125 Å². The first-order valence-corrected chi connectivity index (χ1v) is 8.40. The predicted octanol–water partition coefficient (Wildman–Crippen LogP) is 1.02. The van der Waals surface area contributed by atoms with Crippen molar-refractivity contribution in [2.75, 3.05) is 25.0 Å². The van der Waals surface area contributed by atoms with E-state index in [0.717, 1.165) is 0 Å². The number of hydrogen-bond acceptors (Lipinski definition) is 4. The second-order valence-electron chi connectivity index (χ2n) is 5.42. The summed E-state index contributed by atoms with van der Waals surface area (Å²) in [7, 11) is -3.75. The van der Waals surface area contributed by atoms with Gasteiger partial charge in [-0.15, -0.1) is 0 Å². The molecule has 1 saturated heterocycles. The summed E-state index contributed by atoms with van der Waals surface area (Å²) < 4.78 is 27.2. The second kappa shape index (κ2) is 5.65. The van der Waals surface area contributed by atoms with Crippen molar-refractivity contribution in [2.24, 2.45) is 0 Å². The monoisotopic (exact) mass is 311 g/mol. The fraction of sp³-hybridized carbons (Fsp3) is 0.500. The Morgan fingerprint density at radius 3 is 2.67 bits per heavy atom.